The van der Waals surface area contributed by atoms with Gasteiger partial charge in [-0.15, -0.1) is 23.5 Å². The second kappa shape index (κ2) is 43.6. The van der Waals surface area contributed by atoms with E-state index in [1.54, 1.807) is 30.6 Å². The molecule has 0 aliphatic carbocycles. The third kappa shape index (κ3) is 25.4. The molecule has 4 aliphatic rings. The van der Waals surface area contributed by atoms with Crippen LogP contribution in [-0.4, -0.2) is 138 Å². The summed E-state index contributed by atoms with van der Waals surface area (Å²) >= 11 is 3.59. The van der Waals surface area contributed by atoms with Gasteiger partial charge in [-0.25, -0.2) is 0 Å². The Labute approximate surface area is 558 Å². The number of carbonyl (C=O) groups is 5. The number of nitrogens with zero attached hydrogens (tertiary/aromatic N) is 2. The molecular weight excluding hydrogens is 1240 g/mol. The first kappa shape index (κ1) is 88.8. The van der Waals surface area contributed by atoms with E-state index in [-0.39, 0.29) is 205 Å². The number of rotatable bonds is 25. The van der Waals surface area contributed by atoms with Crippen LogP contribution in [0.4, 0.5) is 0 Å². The molecule has 80 heavy (non-hydrogen) atoms. The van der Waals surface area contributed by atoms with Crippen molar-refractivity contribution < 1.29 is 33.4 Å². The molecule has 0 spiro atoms. The van der Waals surface area contributed by atoms with E-state index in [0.717, 1.165) is 68.2 Å². The van der Waals surface area contributed by atoms with Crippen LogP contribution in [0.1, 0.15) is 135 Å². The van der Waals surface area contributed by atoms with Crippen molar-refractivity contribution in [1.82, 2.24) is 31.1 Å². The minimum absolute atomic E-state index is 0. The summed E-state index contributed by atoms with van der Waals surface area (Å²) in [4.78, 5) is 72.2. The Morgan fingerprint density at radius 3 is 1.73 bits per heavy atom. The van der Waals surface area contributed by atoms with Gasteiger partial charge in [0.1, 0.15) is 12.1 Å². The predicted molar refractivity (Wildman–Crippen MR) is 385 cm³/mol. The van der Waals surface area contributed by atoms with E-state index in [1.807, 2.05) is 81.1 Å². The van der Waals surface area contributed by atoms with Crippen LogP contribution < -0.4 is 27.0 Å². The molecule has 0 saturated carbocycles. The molecule has 2 aromatic carbocycles. The van der Waals surface area contributed by atoms with Crippen molar-refractivity contribution in [1.29, 1.82) is 0 Å². The fourth-order valence-electron chi connectivity index (χ4n) is 10.8. The number of nitrogens with one attached hydrogen (secondary N) is 4. The maximum atomic E-state index is 14.5. The highest BCUT2D eigenvalue weighted by Crippen LogP contribution is 2.48. The lowest BCUT2D eigenvalue weighted by Crippen LogP contribution is -2.58. The Balaban J connectivity index is -0.00000187. The van der Waals surface area contributed by atoms with Crippen LogP contribution in [0.25, 0.3) is 0 Å². The van der Waals surface area contributed by atoms with Gasteiger partial charge in [0.15, 0.2) is 5.78 Å². The van der Waals surface area contributed by atoms with Gasteiger partial charge >= 0.3 is 0 Å². The summed E-state index contributed by atoms with van der Waals surface area (Å²) in [5, 5.41) is 12.5. The largest absolute Gasteiger partial charge is 0.381 e. The second-order valence-corrected chi connectivity index (χ2v) is 24.0. The zero-order valence-corrected chi connectivity index (χ0v) is 59.6. The highest BCUT2D eigenvalue weighted by atomic mass is 32.2. The zero-order chi connectivity index (χ0) is 50.4. The Bertz CT molecular complexity index is 2050. The molecule has 4 saturated heterocycles. The fraction of sp³-hybridized carbons (Fsp3) is 0.685. The minimum Gasteiger partial charge on any atom is -0.381 e. The molecule has 4 aliphatic heterocycles. The quantitative estimate of drug-likeness (QED) is 0.0613. The molecule has 26 heteroatoms. The molecule has 0 bridgehead atoms. The number of hydrogen-bond donors (Lipinski definition) is 5. The van der Waals surface area contributed by atoms with E-state index in [9.17, 15) is 24.0 Å². The Hall–Kier alpha value is -0.01000. The van der Waals surface area contributed by atoms with Crippen LogP contribution in [0.5, 0.6) is 0 Å². The lowest BCUT2D eigenvalue weighted by atomic mass is 9.79. The topological polar surface area (TPSA) is 184 Å². The van der Waals surface area contributed by atoms with Crippen LogP contribution in [0.3, 0.4) is 0 Å². The molecule has 4 heterocycles. The normalized spacial score (nSPS) is 22.6. The fourth-order valence-corrected chi connectivity index (χ4v) is 14.0. The van der Waals surface area contributed by atoms with E-state index in [1.165, 1.54) is 0 Å². The molecule has 6 N–H and O–H groups in total. The number of ketones is 1. The van der Waals surface area contributed by atoms with E-state index < -0.39 is 29.6 Å². The molecule has 10 atom stereocenters. The Morgan fingerprint density at radius 2 is 1.16 bits per heavy atom. The van der Waals surface area contributed by atoms with Gasteiger partial charge in [0.2, 0.25) is 23.6 Å². The van der Waals surface area contributed by atoms with Crippen LogP contribution in [0.2, 0.25) is 0 Å². The lowest BCUT2D eigenvalue weighted by Gasteiger charge is -2.35. The van der Waals surface area contributed by atoms with Crippen molar-refractivity contribution >= 4 is 188 Å². The smallest absolute Gasteiger partial charge is 0.246 e. The molecule has 0 radical (unpaired) electrons. The van der Waals surface area contributed by atoms with Gasteiger partial charge in [-0.1, -0.05) is 114 Å². The van der Waals surface area contributed by atoms with Crippen molar-refractivity contribution in [2.75, 3.05) is 51.5 Å². The predicted octanol–water partition coefficient (Wildman–Crippen LogP) is 7.67. The summed E-state index contributed by atoms with van der Waals surface area (Å²) < 4.78 is 12.6. The zero-order valence-electron chi connectivity index (χ0n) is 47.9. The van der Waals surface area contributed by atoms with Gasteiger partial charge in [0.25, 0.3) is 0 Å². The van der Waals surface area contributed by atoms with Crippen LogP contribution >= 0.6 is 158 Å². The third-order valence-corrected chi connectivity index (χ3v) is 17.3. The molecule has 4 fully saturated rings. The van der Waals surface area contributed by atoms with E-state index >= 15 is 0 Å². The maximum absolute atomic E-state index is 14.5. The number of fused-ring (bicyclic) bond motifs is 2. The molecular formula is C54H103N7O7S12. The van der Waals surface area contributed by atoms with Crippen molar-refractivity contribution in [2.45, 2.75) is 171 Å². The summed E-state index contributed by atoms with van der Waals surface area (Å²) in [6.07, 6.45) is 9.54. The number of carbonyl (C=O) groups excluding carboxylic acids is 5. The molecule has 468 valence electrons. The Kier molecular flexibility index (Phi) is 48.4. The van der Waals surface area contributed by atoms with Crippen molar-refractivity contribution in [2.24, 2.45) is 16.6 Å². The average molecular weight is 1350 g/mol. The average Bonchev–Trinajstić information content (AvgIpc) is 3.59. The number of benzene rings is 2. The van der Waals surface area contributed by atoms with Crippen LogP contribution in [-0.2, 0) is 33.4 Å². The number of amides is 4. The highest BCUT2D eigenvalue weighted by molar-refractivity contribution is 8.00. The summed E-state index contributed by atoms with van der Waals surface area (Å²) in [7, 11) is 1.80. The molecule has 2 aromatic rings. The first-order valence-corrected chi connectivity index (χ1v) is 28.0. The molecule has 6 rings (SSSR count). The molecule has 0 unspecified atom stereocenters. The highest BCUT2D eigenvalue weighted by Gasteiger charge is 2.55. The third-order valence-electron chi connectivity index (χ3n) is 14.8. The van der Waals surface area contributed by atoms with Crippen molar-refractivity contribution in [3.8, 4) is 0 Å². The van der Waals surface area contributed by atoms with E-state index in [0.29, 0.717) is 58.0 Å². The van der Waals surface area contributed by atoms with Gasteiger partial charge in [-0.05, 0) is 92.9 Å². The number of Topliss-reactive ketones (excluding diaryl/α,β-unsaturated/α-hetero) is 1. The number of likely N-dealkylation sites (N-methyl/N-ethyl adjacent to an activating group) is 1. The first-order chi connectivity index (χ1) is 33.5. The van der Waals surface area contributed by atoms with E-state index in [2.05, 4.69) is 52.1 Å². The van der Waals surface area contributed by atoms with Gasteiger partial charge in [-0.3, -0.25) is 28.9 Å². The number of thioether (sulfide) groups is 2. The van der Waals surface area contributed by atoms with Gasteiger partial charge < -0.3 is 41.4 Å². The van der Waals surface area contributed by atoms with Gasteiger partial charge in [-0.2, -0.15) is 135 Å². The van der Waals surface area contributed by atoms with Gasteiger partial charge in [0, 0.05) is 38.1 Å². The van der Waals surface area contributed by atoms with E-state index in [4.69, 9.17) is 15.2 Å². The molecule has 14 nitrogen and oxygen atoms in total. The molecule has 4 amide bonds. The Morgan fingerprint density at radius 1 is 0.662 bits per heavy atom. The number of unbranched alkanes of at least 4 members (excludes halogenated alkanes) is 5. The number of nitrogens with two attached hydrogens (primary N) is 1. The summed E-state index contributed by atoms with van der Waals surface area (Å²) in [6.45, 7) is 14.7. The van der Waals surface area contributed by atoms with Crippen LogP contribution in [0.15, 0.2) is 60.7 Å². The second-order valence-electron chi connectivity index (χ2n) is 21.4. The first-order valence-electron chi connectivity index (χ1n) is 25.9. The number of hydrogen-bond acceptors (Lipinski definition) is 12. The lowest BCUT2D eigenvalue weighted by molar-refractivity contribution is -0.144. The SMILES string of the molecule is CN[C@@H](C)C(=O)N[C@H]1CCS[C@H]2CC(C)(C)[C@@H](C(=O)C[C@H](COCCCCCCCCOC[C@@H](NC(=O)[C@H]3N4C(=O)[C@@H](NC(=O)[C@H](C)N)CCS[C@H]4CC3(C)C)c3ccccc3)c3ccccc3)N2C1.S.S.S.S.S.S.S.S.S.S. The maximum Gasteiger partial charge on any atom is 0.246 e. The summed E-state index contributed by atoms with van der Waals surface area (Å²) in [5.41, 5.74) is 7.22. The molecule has 0 aromatic heterocycles. The van der Waals surface area contributed by atoms with Crippen molar-refractivity contribution in [3.05, 3.63) is 71.8 Å². The summed E-state index contributed by atoms with van der Waals surface area (Å²) in [5.74, 6) is 1.03. The monoisotopic (exact) mass is 1350 g/mol. The minimum atomic E-state index is -0.739. The standard InChI is InChI=1S/C54H83N7O7S2.10H2S/c1-36(55)49(63)58-42-25-29-70-46-32-54(5,6)48(61(46)52(42)66)51(65)59-43(39-22-16-13-17-23-39)35-68-27-19-11-9-8-10-18-26-67-34-40(38-20-14-12-15-21-38)30-44(62)47-53(3,4)31-45-60(47)33-41(24-28-69-45)57-50(64)37(2)56-7;;;;;;;;;;/h12-17,20-23,36-37,40-43,45-48,56H,8-11,18-19,24-35,55H2,1-7H3,(H,57,64)(H,58,63)(H,59,65);10*1H2/t36-,37-,40+,41-,42-,43+,45-,46-,47+,48+;;;;;;;;;;/m0........../s1. The van der Waals surface area contributed by atoms with Gasteiger partial charge in [0.05, 0.1) is 48.1 Å². The van der Waals surface area contributed by atoms with Crippen LogP contribution in [0, 0.1) is 10.8 Å². The van der Waals surface area contributed by atoms with Crippen molar-refractivity contribution in [3.63, 3.8) is 0 Å². The summed E-state index contributed by atoms with van der Waals surface area (Å²) in [6, 6.07) is 17.1. The number of ether oxygens (including phenoxy) is 2.